The van der Waals surface area contributed by atoms with Gasteiger partial charge in [0, 0.05) is 0 Å². The van der Waals surface area contributed by atoms with Gasteiger partial charge in [-0.15, -0.1) is 0 Å². The Bertz CT molecular complexity index is 1040. The van der Waals surface area contributed by atoms with Crippen molar-refractivity contribution in [2.75, 3.05) is 5.75 Å². The third-order valence-electron chi connectivity index (χ3n) is 5.73. The zero-order valence-corrected chi connectivity index (χ0v) is 25.6. The molecule has 0 unspecified atom stereocenters. The molecule has 0 aliphatic rings. The summed E-state index contributed by atoms with van der Waals surface area (Å²) < 4.78 is 35.3. The van der Waals surface area contributed by atoms with Gasteiger partial charge in [0.15, 0.2) is 0 Å². The molecule has 8 heteroatoms. The number of carbonyl (C=O) groups is 1. The molecule has 0 aromatic heterocycles. The van der Waals surface area contributed by atoms with E-state index in [4.69, 9.17) is 4.74 Å². The first-order valence-corrected chi connectivity index (χ1v) is 20.1. The van der Waals surface area contributed by atoms with Crippen molar-refractivity contribution in [2.24, 2.45) is 0 Å². The summed E-state index contributed by atoms with van der Waals surface area (Å²) in [6.45, 7) is 8.82. The first-order valence-electron chi connectivity index (χ1n) is 12.7. The van der Waals surface area contributed by atoms with Crippen LogP contribution < -0.4 is 4.46 Å². The van der Waals surface area contributed by atoms with Crippen molar-refractivity contribution in [3.8, 4) is 0 Å². The number of unbranched alkanes of at least 4 members (excludes halogenated alkanes) is 1. The SMILES string of the molecule is CCCC[C@H](CC[Se]c1ccccc1)N(/C=C/C(=O)OCc1ccccc1)S(=O)(=O)CC[Si](C)(C)C. The molecule has 0 N–H and O–H groups in total. The Balaban J connectivity index is 2.18. The predicted octanol–water partition coefficient (Wildman–Crippen LogP) is 5.61. The maximum atomic E-state index is 13.6. The summed E-state index contributed by atoms with van der Waals surface area (Å²) in [6.07, 6.45) is 6.21. The second kappa shape index (κ2) is 15.4. The van der Waals surface area contributed by atoms with Crippen LogP contribution in [0.5, 0.6) is 0 Å². The standard InChI is InChI=1S/C28H41NO4SSeSi/c1-5-6-15-26(19-22-35-27-16-11-8-12-17-27)29(34(31,32)21-23-36(2,3)4)20-18-28(30)33-24-25-13-9-7-10-14-25/h7-14,16-18,20,26H,5-6,15,19,21-24H2,1-4H3/b20-18+/t26-/m1/s1. The Labute approximate surface area is 225 Å². The molecule has 2 aromatic rings. The molecule has 36 heavy (non-hydrogen) atoms. The number of carbonyl (C=O) groups excluding carboxylic acids is 1. The number of ether oxygens (including phenoxy) is 1. The Morgan fingerprint density at radius 3 is 2.28 bits per heavy atom. The van der Waals surface area contributed by atoms with E-state index in [2.05, 4.69) is 38.7 Å². The van der Waals surface area contributed by atoms with Gasteiger partial charge < -0.3 is 0 Å². The van der Waals surface area contributed by atoms with Gasteiger partial charge in [0.2, 0.25) is 0 Å². The average Bonchev–Trinajstić information content (AvgIpc) is 2.85. The van der Waals surface area contributed by atoms with Crippen LogP contribution in [0.3, 0.4) is 0 Å². The van der Waals surface area contributed by atoms with Gasteiger partial charge in [-0.3, -0.25) is 0 Å². The van der Waals surface area contributed by atoms with Crippen LogP contribution in [0.1, 0.15) is 38.2 Å². The third-order valence-corrected chi connectivity index (χ3v) is 11.8. The molecule has 5 nitrogen and oxygen atoms in total. The first kappa shape index (κ1) is 30.4. The number of nitrogens with zero attached hydrogens (tertiary/aromatic N) is 1. The van der Waals surface area contributed by atoms with Crippen LogP contribution in [-0.2, 0) is 26.2 Å². The Morgan fingerprint density at radius 2 is 1.67 bits per heavy atom. The van der Waals surface area contributed by atoms with E-state index in [0.717, 1.165) is 36.6 Å². The molecule has 0 radical (unpaired) electrons. The number of hydrogen-bond acceptors (Lipinski definition) is 4. The molecule has 1 atom stereocenters. The van der Waals surface area contributed by atoms with Crippen molar-refractivity contribution in [3.05, 3.63) is 78.5 Å². The molecule has 0 amide bonds. The van der Waals surface area contributed by atoms with E-state index in [1.165, 1.54) is 21.0 Å². The van der Waals surface area contributed by atoms with Crippen LogP contribution >= 0.6 is 0 Å². The quantitative estimate of drug-likeness (QED) is 0.144. The van der Waals surface area contributed by atoms with Crippen molar-refractivity contribution >= 4 is 43.5 Å². The van der Waals surface area contributed by atoms with E-state index < -0.39 is 24.1 Å². The molecule has 0 spiro atoms. The number of hydrogen-bond donors (Lipinski definition) is 0. The van der Waals surface area contributed by atoms with Crippen molar-refractivity contribution < 1.29 is 17.9 Å². The number of benzene rings is 2. The van der Waals surface area contributed by atoms with Crippen LogP contribution in [0.4, 0.5) is 0 Å². The van der Waals surface area contributed by atoms with Gasteiger partial charge in [0.25, 0.3) is 0 Å². The Morgan fingerprint density at radius 1 is 1.03 bits per heavy atom. The minimum absolute atomic E-state index is 0.110. The molecule has 0 bridgehead atoms. The molecule has 0 aliphatic carbocycles. The summed E-state index contributed by atoms with van der Waals surface area (Å²) in [5.41, 5.74) is 0.892. The molecule has 0 saturated heterocycles. The second-order valence-electron chi connectivity index (χ2n) is 10.1. The first-order chi connectivity index (χ1) is 17.1. The molecular formula is C28H41NO4SSeSi. The Kier molecular flexibility index (Phi) is 13.0. The summed E-state index contributed by atoms with van der Waals surface area (Å²) in [6, 6.07) is 20.3. The maximum absolute atomic E-state index is 13.6. The fourth-order valence-corrected chi connectivity index (χ4v) is 10.2. The van der Waals surface area contributed by atoms with E-state index in [9.17, 15) is 13.2 Å². The predicted molar refractivity (Wildman–Crippen MR) is 154 cm³/mol. The van der Waals surface area contributed by atoms with Gasteiger partial charge in [-0.2, -0.15) is 0 Å². The van der Waals surface area contributed by atoms with Gasteiger partial charge in [-0.1, -0.05) is 6.07 Å². The molecule has 2 rings (SSSR count). The van der Waals surface area contributed by atoms with Gasteiger partial charge in [0.05, 0.1) is 0 Å². The van der Waals surface area contributed by atoms with Crippen molar-refractivity contribution in [3.63, 3.8) is 0 Å². The summed E-state index contributed by atoms with van der Waals surface area (Å²) in [5, 5.41) is 0.942. The molecule has 0 heterocycles. The summed E-state index contributed by atoms with van der Waals surface area (Å²) >= 11 is 0.276. The van der Waals surface area contributed by atoms with Gasteiger partial charge >= 0.3 is 220 Å². The topological polar surface area (TPSA) is 63.7 Å². The second-order valence-corrected chi connectivity index (χ2v) is 20.2. The monoisotopic (exact) mass is 595 g/mol. The van der Waals surface area contributed by atoms with Gasteiger partial charge in [-0.05, 0) is 0 Å². The van der Waals surface area contributed by atoms with Crippen molar-refractivity contribution in [2.45, 2.75) is 76.3 Å². The number of rotatable bonds is 16. The average molecular weight is 595 g/mol. The fraction of sp³-hybridized carbons (Fsp3) is 0.464. The van der Waals surface area contributed by atoms with Crippen LogP contribution in [-0.4, -0.2) is 53.5 Å². The van der Waals surface area contributed by atoms with E-state index in [1.54, 1.807) is 0 Å². The number of sulfonamides is 1. The van der Waals surface area contributed by atoms with Crippen LogP contribution in [0.15, 0.2) is 72.9 Å². The number of esters is 1. The summed E-state index contributed by atoms with van der Waals surface area (Å²) in [4.78, 5) is 12.5. The third kappa shape index (κ3) is 11.9. The van der Waals surface area contributed by atoms with Gasteiger partial charge in [0.1, 0.15) is 0 Å². The molecule has 0 fully saturated rings. The molecule has 0 aliphatic heterocycles. The molecule has 198 valence electrons. The van der Waals surface area contributed by atoms with E-state index >= 15 is 0 Å². The minimum atomic E-state index is -3.56. The zero-order valence-electron chi connectivity index (χ0n) is 22.1. The van der Waals surface area contributed by atoms with E-state index in [0.29, 0.717) is 6.04 Å². The van der Waals surface area contributed by atoms with E-state index in [-0.39, 0.29) is 33.4 Å². The fourth-order valence-electron chi connectivity index (χ4n) is 3.56. The zero-order chi connectivity index (χ0) is 26.4. The molecule has 0 saturated carbocycles. The summed E-state index contributed by atoms with van der Waals surface area (Å²) in [7, 11) is -5.12. The van der Waals surface area contributed by atoms with Crippen molar-refractivity contribution in [1.82, 2.24) is 4.31 Å². The van der Waals surface area contributed by atoms with Crippen molar-refractivity contribution in [1.29, 1.82) is 0 Å². The Hall–Kier alpha value is -1.86. The normalized spacial score (nSPS) is 13.0. The van der Waals surface area contributed by atoms with Crippen LogP contribution in [0.25, 0.3) is 0 Å². The summed E-state index contributed by atoms with van der Waals surface area (Å²) in [5.74, 6) is -0.425. The van der Waals surface area contributed by atoms with Crippen LogP contribution in [0.2, 0.25) is 31.0 Å². The molecular weight excluding hydrogens is 553 g/mol. The van der Waals surface area contributed by atoms with Gasteiger partial charge in [-0.25, -0.2) is 0 Å². The van der Waals surface area contributed by atoms with Crippen LogP contribution in [0, 0.1) is 0 Å². The molecule has 2 aromatic carbocycles. The van der Waals surface area contributed by atoms with E-state index in [1.807, 2.05) is 48.5 Å².